The SMILES string of the molecule is Cc1cc2cccc(Cc3ccsc3)c2s1. The van der Waals surface area contributed by atoms with Gasteiger partial charge in [-0.1, -0.05) is 18.2 Å². The average Bonchev–Trinajstić information content (AvgIpc) is 2.86. The van der Waals surface area contributed by atoms with Gasteiger partial charge in [0.1, 0.15) is 0 Å². The van der Waals surface area contributed by atoms with Gasteiger partial charge in [0.25, 0.3) is 0 Å². The molecule has 0 saturated carbocycles. The molecule has 0 bridgehead atoms. The molecule has 0 nitrogen and oxygen atoms in total. The van der Waals surface area contributed by atoms with Crippen LogP contribution in [-0.4, -0.2) is 0 Å². The van der Waals surface area contributed by atoms with E-state index in [0.717, 1.165) is 6.42 Å². The van der Waals surface area contributed by atoms with Crippen molar-refractivity contribution in [3.8, 4) is 0 Å². The van der Waals surface area contributed by atoms with Crippen LogP contribution in [0.25, 0.3) is 10.1 Å². The third kappa shape index (κ3) is 1.79. The zero-order valence-corrected chi connectivity index (χ0v) is 10.7. The minimum Gasteiger partial charge on any atom is -0.152 e. The van der Waals surface area contributed by atoms with Crippen LogP contribution in [0.3, 0.4) is 0 Å². The average molecular weight is 244 g/mol. The first kappa shape index (κ1) is 10.1. The van der Waals surface area contributed by atoms with Crippen LogP contribution in [0.2, 0.25) is 0 Å². The standard InChI is InChI=1S/C14H12S2/c1-10-7-12-3-2-4-13(14(12)16-10)8-11-5-6-15-9-11/h2-7,9H,8H2,1H3. The van der Waals surface area contributed by atoms with Gasteiger partial charge in [-0.2, -0.15) is 11.3 Å². The van der Waals surface area contributed by atoms with Crippen molar-refractivity contribution in [1.29, 1.82) is 0 Å². The van der Waals surface area contributed by atoms with Crippen molar-refractivity contribution in [2.75, 3.05) is 0 Å². The number of thiophene rings is 2. The van der Waals surface area contributed by atoms with Gasteiger partial charge in [0.2, 0.25) is 0 Å². The van der Waals surface area contributed by atoms with E-state index in [1.807, 2.05) is 11.3 Å². The number of benzene rings is 1. The summed E-state index contributed by atoms with van der Waals surface area (Å²) in [6.45, 7) is 2.18. The van der Waals surface area contributed by atoms with Crippen molar-refractivity contribution in [1.82, 2.24) is 0 Å². The molecule has 16 heavy (non-hydrogen) atoms. The predicted molar refractivity (Wildman–Crippen MR) is 73.7 cm³/mol. The Morgan fingerprint density at radius 2 is 2.12 bits per heavy atom. The minimum absolute atomic E-state index is 1.06. The van der Waals surface area contributed by atoms with Crippen LogP contribution in [0.15, 0.2) is 41.1 Å². The summed E-state index contributed by atoms with van der Waals surface area (Å²) < 4.78 is 1.45. The molecule has 0 spiro atoms. The van der Waals surface area contributed by atoms with Crippen molar-refractivity contribution in [2.45, 2.75) is 13.3 Å². The quantitative estimate of drug-likeness (QED) is 0.604. The maximum atomic E-state index is 2.27. The van der Waals surface area contributed by atoms with Crippen molar-refractivity contribution >= 4 is 32.8 Å². The fourth-order valence-electron chi connectivity index (χ4n) is 2.00. The zero-order chi connectivity index (χ0) is 11.0. The van der Waals surface area contributed by atoms with Crippen molar-refractivity contribution < 1.29 is 0 Å². The van der Waals surface area contributed by atoms with E-state index >= 15 is 0 Å². The molecule has 0 radical (unpaired) electrons. The normalized spacial score (nSPS) is 11.1. The minimum atomic E-state index is 1.06. The summed E-state index contributed by atoms with van der Waals surface area (Å²) in [6.07, 6.45) is 1.06. The molecule has 0 atom stereocenters. The number of fused-ring (bicyclic) bond motifs is 1. The van der Waals surface area contributed by atoms with Crippen molar-refractivity contribution in [2.24, 2.45) is 0 Å². The molecular weight excluding hydrogens is 232 g/mol. The summed E-state index contributed by atoms with van der Waals surface area (Å²) in [5.41, 5.74) is 2.87. The molecule has 0 amide bonds. The van der Waals surface area contributed by atoms with Crippen molar-refractivity contribution in [3.05, 3.63) is 57.1 Å². The summed E-state index contributed by atoms with van der Waals surface area (Å²) in [7, 11) is 0. The second kappa shape index (κ2) is 4.04. The first-order valence-corrected chi connectivity index (χ1v) is 7.08. The van der Waals surface area contributed by atoms with Gasteiger partial charge in [0, 0.05) is 9.58 Å². The van der Waals surface area contributed by atoms with Crippen LogP contribution < -0.4 is 0 Å². The summed E-state index contributed by atoms with van der Waals surface area (Å²) in [4.78, 5) is 1.40. The smallest absolute Gasteiger partial charge is 0.0380 e. The Hall–Kier alpha value is -1.12. The van der Waals surface area contributed by atoms with Crippen LogP contribution in [0.4, 0.5) is 0 Å². The van der Waals surface area contributed by atoms with Gasteiger partial charge in [-0.25, -0.2) is 0 Å². The first-order chi connectivity index (χ1) is 7.83. The highest BCUT2D eigenvalue weighted by molar-refractivity contribution is 7.19. The summed E-state index contributed by atoms with van der Waals surface area (Å²) in [5, 5.41) is 5.77. The first-order valence-electron chi connectivity index (χ1n) is 5.32. The third-order valence-electron chi connectivity index (χ3n) is 2.72. The zero-order valence-electron chi connectivity index (χ0n) is 9.07. The number of rotatable bonds is 2. The van der Waals surface area contributed by atoms with E-state index in [-0.39, 0.29) is 0 Å². The maximum Gasteiger partial charge on any atom is 0.0380 e. The second-order valence-corrected chi connectivity index (χ2v) is 6.04. The Morgan fingerprint density at radius 1 is 1.19 bits per heavy atom. The monoisotopic (exact) mass is 244 g/mol. The molecule has 2 heteroatoms. The fraction of sp³-hybridized carbons (Fsp3) is 0.143. The molecule has 0 fully saturated rings. The van der Waals surface area contributed by atoms with Crippen LogP contribution in [-0.2, 0) is 6.42 Å². The molecule has 0 unspecified atom stereocenters. The summed E-state index contributed by atoms with van der Waals surface area (Å²) in [5.74, 6) is 0. The Balaban J connectivity index is 2.09. The van der Waals surface area contributed by atoms with E-state index < -0.39 is 0 Å². The van der Waals surface area contributed by atoms with Crippen LogP contribution >= 0.6 is 22.7 Å². The Labute approximate surface area is 103 Å². The van der Waals surface area contributed by atoms with Crippen LogP contribution in [0.5, 0.6) is 0 Å². The fourth-order valence-corrected chi connectivity index (χ4v) is 3.70. The molecule has 2 heterocycles. The van der Waals surface area contributed by atoms with Gasteiger partial charge in [0.15, 0.2) is 0 Å². The topological polar surface area (TPSA) is 0 Å². The molecule has 0 aliphatic rings. The molecule has 1 aromatic carbocycles. The largest absolute Gasteiger partial charge is 0.152 e. The van der Waals surface area contributed by atoms with Crippen LogP contribution in [0, 0.1) is 6.92 Å². The highest BCUT2D eigenvalue weighted by Gasteiger charge is 2.05. The highest BCUT2D eigenvalue weighted by atomic mass is 32.1. The molecule has 0 aliphatic carbocycles. The van der Waals surface area contributed by atoms with Gasteiger partial charge in [-0.3, -0.25) is 0 Å². The van der Waals surface area contributed by atoms with Gasteiger partial charge in [0.05, 0.1) is 0 Å². The lowest BCUT2D eigenvalue weighted by Gasteiger charge is -2.00. The van der Waals surface area contributed by atoms with E-state index in [4.69, 9.17) is 0 Å². The van der Waals surface area contributed by atoms with E-state index in [2.05, 4.69) is 48.0 Å². The lowest BCUT2D eigenvalue weighted by molar-refractivity contribution is 1.24. The lowest BCUT2D eigenvalue weighted by Crippen LogP contribution is -1.84. The highest BCUT2D eigenvalue weighted by Crippen LogP contribution is 2.29. The number of hydrogen-bond acceptors (Lipinski definition) is 2. The molecule has 0 saturated heterocycles. The van der Waals surface area contributed by atoms with Gasteiger partial charge in [-0.05, 0) is 52.8 Å². The molecule has 2 aromatic heterocycles. The molecular formula is C14H12S2. The Kier molecular flexibility index (Phi) is 2.54. The van der Waals surface area contributed by atoms with Gasteiger partial charge in [-0.15, -0.1) is 11.3 Å². The molecule has 3 rings (SSSR count). The van der Waals surface area contributed by atoms with E-state index in [1.165, 1.54) is 26.1 Å². The number of aryl methyl sites for hydroxylation is 1. The summed E-state index contributed by atoms with van der Waals surface area (Å²) >= 11 is 3.68. The second-order valence-electron chi connectivity index (χ2n) is 4.00. The Morgan fingerprint density at radius 3 is 2.94 bits per heavy atom. The molecule has 80 valence electrons. The van der Waals surface area contributed by atoms with Crippen molar-refractivity contribution in [3.63, 3.8) is 0 Å². The Bertz CT molecular complexity index is 603. The van der Waals surface area contributed by atoms with Gasteiger partial charge < -0.3 is 0 Å². The number of hydrogen-bond donors (Lipinski definition) is 0. The van der Waals surface area contributed by atoms with Gasteiger partial charge >= 0.3 is 0 Å². The molecule has 0 N–H and O–H groups in total. The molecule has 0 aliphatic heterocycles. The van der Waals surface area contributed by atoms with E-state index in [0.29, 0.717) is 0 Å². The molecule has 3 aromatic rings. The van der Waals surface area contributed by atoms with E-state index in [9.17, 15) is 0 Å². The van der Waals surface area contributed by atoms with Crippen LogP contribution in [0.1, 0.15) is 16.0 Å². The lowest BCUT2D eigenvalue weighted by atomic mass is 10.1. The third-order valence-corrected chi connectivity index (χ3v) is 4.60. The summed E-state index contributed by atoms with van der Waals surface area (Å²) in [6, 6.07) is 11.1. The maximum absolute atomic E-state index is 2.27. The van der Waals surface area contributed by atoms with E-state index in [1.54, 1.807) is 11.3 Å². The predicted octanol–water partition coefficient (Wildman–Crippen LogP) is 4.86.